The van der Waals surface area contributed by atoms with E-state index in [-0.39, 0.29) is 5.75 Å². The summed E-state index contributed by atoms with van der Waals surface area (Å²) in [6.07, 6.45) is 0.843. The summed E-state index contributed by atoms with van der Waals surface area (Å²) in [7, 11) is 0. The second-order valence-corrected chi connectivity index (χ2v) is 6.15. The Morgan fingerprint density at radius 3 is 2.60 bits per heavy atom. The number of hydrogen-bond acceptors (Lipinski definition) is 2. The predicted octanol–water partition coefficient (Wildman–Crippen LogP) is 4.79. The van der Waals surface area contributed by atoms with E-state index >= 15 is 0 Å². The summed E-state index contributed by atoms with van der Waals surface area (Å²) >= 11 is 15.3. The van der Waals surface area contributed by atoms with Gasteiger partial charge in [-0.3, -0.25) is 0 Å². The van der Waals surface area contributed by atoms with Crippen molar-refractivity contribution in [2.24, 2.45) is 0 Å². The Morgan fingerprint density at radius 2 is 1.90 bits per heavy atom. The highest BCUT2D eigenvalue weighted by atomic mass is 79.9. The zero-order valence-corrected chi connectivity index (χ0v) is 13.8. The van der Waals surface area contributed by atoms with Gasteiger partial charge in [-0.25, -0.2) is 0 Å². The molecule has 0 saturated carbocycles. The molecule has 0 aliphatic rings. The molecule has 0 aromatic heterocycles. The third-order valence-corrected chi connectivity index (χ3v) is 4.15. The SMILES string of the molecule is Oc1ccc(CNCCc2ccc(Cl)cc2Cl)cc1Br. The molecule has 2 rings (SSSR count). The smallest absolute Gasteiger partial charge is 0.129 e. The van der Waals surface area contributed by atoms with Gasteiger partial charge < -0.3 is 10.4 Å². The van der Waals surface area contributed by atoms with E-state index in [1.807, 2.05) is 24.3 Å². The average Bonchev–Trinajstić information content (AvgIpc) is 2.40. The van der Waals surface area contributed by atoms with E-state index < -0.39 is 0 Å². The van der Waals surface area contributed by atoms with Crippen LogP contribution >= 0.6 is 39.1 Å². The van der Waals surface area contributed by atoms with E-state index in [9.17, 15) is 5.11 Å². The van der Waals surface area contributed by atoms with Crippen molar-refractivity contribution in [2.75, 3.05) is 6.54 Å². The van der Waals surface area contributed by atoms with Crippen molar-refractivity contribution >= 4 is 39.1 Å². The van der Waals surface area contributed by atoms with E-state index in [0.29, 0.717) is 14.5 Å². The maximum absolute atomic E-state index is 9.42. The zero-order chi connectivity index (χ0) is 14.5. The summed E-state index contributed by atoms with van der Waals surface area (Å²) < 4.78 is 0.706. The van der Waals surface area contributed by atoms with Gasteiger partial charge in [0, 0.05) is 16.6 Å². The summed E-state index contributed by atoms with van der Waals surface area (Å²) in [6.45, 7) is 1.56. The summed E-state index contributed by atoms with van der Waals surface area (Å²) in [5, 5.41) is 14.1. The number of hydrogen-bond donors (Lipinski definition) is 2. The second-order valence-electron chi connectivity index (χ2n) is 4.45. The lowest BCUT2D eigenvalue weighted by Gasteiger charge is -2.08. The first-order valence-electron chi connectivity index (χ1n) is 6.18. The molecule has 0 aliphatic carbocycles. The Balaban J connectivity index is 1.82. The van der Waals surface area contributed by atoms with Gasteiger partial charge in [0.1, 0.15) is 5.75 Å². The molecule has 0 spiro atoms. The van der Waals surface area contributed by atoms with Gasteiger partial charge in [-0.05, 0) is 64.3 Å². The van der Waals surface area contributed by atoms with Crippen molar-refractivity contribution in [1.82, 2.24) is 5.32 Å². The lowest BCUT2D eigenvalue weighted by atomic mass is 10.1. The highest BCUT2D eigenvalue weighted by Gasteiger charge is 2.02. The summed E-state index contributed by atoms with van der Waals surface area (Å²) in [6, 6.07) is 11.0. The molecule has 2 nitrogen and oxygen atoms in total. The summed E-state index contributed by atoms with van der Waals surface area (Å²) in [5.74, 6) is 0.252. The van der Waals surface area contributed by atoms with Crippen molar-refractivity contribution in [3.05, 3.63) is 62.0 Å². The number of benzene rings is 2. The normalized spacial score (nSPS) is 10.8. The molecule has 2 aromatic rings. The average molecular weight is 375 g/mol. The number of aromatic hydroxyl groups is 1. The molecule has 0 radical (unpaired) electrons. The molecule has 0 bridgehead atoms. The van der Waals surface area contributed by atoms with E-state index in [2.05, 4.69) is 21.2 Å². The third kappa shape index (κ3) is 4.38. The maximum atomic E-state index is 9.42. The molecular formula is C15H14BrCl2NO. The van der Waals surface area contributed by atoms with Crippen LogP contribution in [0.15, 0.2) is 40.9 Å². The molecule has 0 fully saturated rings. The van der Waals surface area contributed by atoms with Gasteiger partial charge in [0.15, 0.2) is 0 Å². The van der Waals surface area contributed by atoms with Crippen LogP contribution < -0.4 is 5.32 Å². The monoisotopic (exact) mass is 373 g/mol. The molecule has 0 aliphatic heterocycles. The predicted molar refractivity (Wildman–Crippen MR) is 87.7 cm³/mol. The lowest BCUT2D eigenvalue weighted by Crippen LogP contribution is -2.16. The van der Waals surface area contributed by atoms with Gasteiger partial charge in [-0.2, -0.15) is 0 Å². The maximum Gasteiger partial charge on any atom is 0.129 e. The minimum atomic E-state index is 0.252. The van der Waals surface area contributed by atoms with E-state index in [1.54, 1.807) is 12.1 Å². The van der Waals surface area contributed by atoms with Gasteiger partial charge in [0.05, 0.1) is 4.47 Å². The molecule has 2 aromatic carbocycles. The topological polar surface area (TPSA) is 32.3 Å². The standard InChI is InChI=1S/C15H14BrCl2NO/c16-13-7-10(1-4-15(13)20)9-19-6-5-11-2-3-12(17)8-14(11)18/h1-4,7-8,19-20H,5-6,9H2. The molecular weight excluding hydrogens is 361 g/mol. The van der Waals surface area contributed by atoms with Gasteiger partial charge in [-0.15, -0.1) is 0 Å². The van der Waals surface area contributed by atoms with Crippen LogP contribution in [0.5, 0.6) is 5.75 Å². The van der Waals surface area contributed by atoms with Crippen LogP contribution in [-0.4, -0.2) is 11.7 Å². The van der Waals surface area contributed by atoms with Crippen LogP contribution in [0.25, 0.3) is 0 Å². The first-order chi connectivity index (χ1) is 9.56. The van der Waals surface area contributed by atoms with Crippen LogP contribution in [0.1, 0.15) is 11.1 Å². The molecule has 0 amide bonds. The zero-order valence-electron chi connectivity index (χ0n) is 10.7. The fourth-order valence-electron chi connectivity index (χ4n) is 1.84. The van der Waals surface area contributed by atoms with Crippen molar-refractivity contribution in [2.45, 2.75) is 13.0 Å². The highest BCUT2D eigenvalue weighted by Crippen LogP contribution is 2.24. The Bertz CT molecular complexity index is 604. The molecule has 5 heteroatoms. The van der Waals surface area contributed by atoms with Crippen LogP contribution in [0.3, 0.4) is 0 Å². The van der Waals surface area contributed by atoms with Crippen LogP contribution in [-0.2, 0) is 13.0 Å². The Hall–Kier alpha value is -0.740. The Labute approximate surface area is 136 Å². The number of rotatable bonds is 5. The molecule has 2 N–H and O–H groups in total. The summed E-state index contributed by atoms with van der Waals surface area (Å²) in [4.78, 5) is 0. The van der Waals surface area contributed by atoms with Gasteiger partial charge in [0.2, 0.25) is 0 Å². The molecule has 0 heterocycles. The van der Waals surface area contributed by atoms with Gasteiger partial charge in [0.25, 0.3) is 0 Å². The largest absolute Gasteiger partial charge is 0.507 e. The first-order valence-corrected chi connectivity index (χ1v) is 7.73. The molecule has 0 atom stereocenters. The van der Waals surface area contributed by atoms with Crippen molar-refractivity contribution in [3.63, 3.8) is 0 Å². The van der Waals surface area contributed by atoms with Crippen molar-refractivity contribution in [1.29, 1.82) is 0 Å². The Morgan fingerprint density at radius 1 is 1.10 bits per heavy atom. The molecule has 106 valence electrons. The minimum absolute atomic E-state index is 0.252. The number of halogens is 3. The fourth-order valence-corrected chi connectivity index (χ4v) is 2.77. The highest BCUT2D eigenvalue weighted by molar-refractivity contribution is 9.10. The molecule has 0 saturated heterocycles. The quantitative estimate of drug-likeness (QED) is 0.737. The van der Waals surface area contributed by atoms with Gasteiger partial charge in [-0.1, -0.05) is 35.3 Å². The van der Waals surface area contributed by atoms with Crippen molar-refractivity contribution in [3.8, 4) is 5.75 Å². The van der Waals surface area contributed by atoms with Crippen LogP contribution in [0.4, 0.5) is 0 Å². The van der Waals surface area contributed by atoms with Crippen LogP contribution in [0.2, 0.25) is 10.0 Å². The van der Waals surface area contributed by atoms with Gasteiger partial charge >= 0.3 is 0 Å². The number of phenols is 1. The second kappa shape index (κ2) is 7.32. The number of phenolic OH excluding ortho intramolecular Hbond substituents is 1. The lowest BCUT2D eigenvalue weighted by molar-refractivity contribution is 0.471. The minimum Gasteiger partial charge on any atom is -0.507 e. The number of nitrogens with one attached hydrogen (secondary N) is 1. The van der Waals surface area contributed by atoms with E-state index in [1.165, 1.54) is 0 Å². The Kier molecular flexibility index (Phi) is 5.73. The molecule has 20 heavy (non-hydrogen) atoms. The third-order valence-electron chi connectivity index (χ3n) is 2.93. The first kappa shape index (κ1) is 15.6. The van der Waals surface area contributed by atoms with Crippen LogP contribution in [0, 0.1) is 0 Å². The van der Waals surface area contributed by atoms with Crippen molar-refractivity contribution < 1.29 is 5.11 Å². The summed E-state index contributed by atoms with van der Waals surface area (Å²) in [5.41, 5.74) is 2.19. The van der Waals surface area contributed by atoms with E-state index in [0.717, 1.165) is 30.6 Å². The molecule has 0 unspecified atom stereocenters. The fraction of sp³-hybridized carbons (Fsp3) is 0.200. The van der Waals surface area contributed by atoms with E-state index in [4.69, 9.17) is 23.2 Å².